The average molecular weight is 401 g/mol. The molecule has 0 radical (unpaired) electrons. The minimum absolute atomic E-state index is 0.220. The average Bonchev–Trinajstić information content (AvgIpc) is 2.91. The molecular formula is C22H32N4O3. The van der Waals surface area contributed by atoms with Crippen LogP contribution >= 0.6 is 0 Å². The number of aryl methyl sites for hydroxylation is 2. The lowest BCUT2D eigenvalue weighted by atomic mass is 10.1. The van der Waals surface area contributed by atoms with Crippen LogP contribution in [-0.2, 0) is 27.8 Å². The molecule has 0 fully saturated rings. The first-order valence-electron chi connectivity index (χ1n) is 10.0. The van der Waals surface area contributed by atoms with Crippen molar-refractivity contribution in [1.82, 2.24) is 9.78 Å². The summed E-state index contributed by atoms with van der Waals surface area (Å²) in [5.74, 6) is -0.746. The molecular weight excluding hydrogens is 368 g/mol. The van der Waals surface area contributed by atoms with Gasteiger partial charge in [0, 0.05) is 43.1 Å². The van der Waals surface area contributed by atoms with Crippen molar-refractivity contribution in [1.29, 1.82) is 0 Å². The summed E-state index contributed by atoms with van der Waals surface area (Å²) in [5, 5.41) is 7.10. The molecule has 1 N–H and O–H groups in total. The van der Waals surface area contributed by atoms with Crippen molar-refractivity contribution in [3.05, 3.63) is 41.2 Å². The first kappa shape index (κ1) is 22.5. The Labute approximate surface area is 173 Å². The van der Waals surface area contributed by atoms with Gasteiger partial charge in [0.25, 0.3) is 5.91 Å². The van der Waals surface area contributed by atoms with Crippen LogP contribution in [0, 0.1) is 13.8 Å². The summed E-state index contributed by atoms with van der Waals surface area (Å²) in [6.07, 6.45) is 0.772. The van der Waals surface area contributed by atoms with E-state index >= 15 is 0 Å². The van der Waals surface area contributed by atoms with Crippen molar-refractivity contribution in [2.24, 2.45) is 7.05 Å². The number of carbonyl (C=O) groups is 2. The number of nitrogens with zero attached hydrogens (tertiary/aromatic N) is 3. The third kappa shape index (κ3) is 6.07. The highest BCUT2D eigenvalue weighted by atomic mass is 16.5. The van der Waals surface area contributed by atoms with E-state index in [9.17, 15) is 9.59 Å². The summed E-state index contributed by atoms with van der Waals surface area (Å²) in [5.41, 5.74) is 4.79. The SMILES string of the molecule is CCN(c1ccc(NC(=O)COC(=O)CCc2c(C)nn(C)c2C)cc1)C(C)C. The molecule has 1 heterocycles. The summed E-state index contributed by atoms with van der Waals surface area (Å²) in [6, 6.07) is 8.06. The Morgan fingerprint density at radius 2 is 1.86 bits per heavy atom. The van der Waals surface area contributed by atoms with E-state index in [1.165, 1.54) is 0 Å². The maximum atomic E-state index is 12.1. The molecule has 158 valence electrons. The highest BCUT2D eigenvalue weighted by Gasteiger charge is 2.13. The number of esters is 1. The third-order valence-electron chi connectivity index (χ3n) is 5.05. The lowest BCUT2D eigenvalue weighted by Gasteiger charge is -2.27. The van der Waals surface area contributed by atoms with E-state index in [2.05, 4.69) is 36.1 Å². The van der Waals surface area contributed by atoms with Gasteiger partial charge in [-0.3, -0.25) is 14.3 Å². The van der Waals surface area contributed by atoms with Gasteiger partial charge in [-0.05, 0) is 70.9 Å². The molecule has 1 aromatic heterocycles. The Kier molecular flexibility index (Phi) is 7.82. The van der Waals surface area contributed by atoms with E-state index in [0.29, 0.717) is 18.2 Å². The maximum absolute atomic E-state index is 12.1. The van der Waals surface area contributed by atoms with Crippen molar-refractivity contribution in [3.8, 4) is 0 Å². The van der Waals surface area contributed by atoms with Gasteiger partial charge in [0.15, 0.2) is 6.61 Å². The van der Waals surface area contributed by atoms with E-state index in [1.54, 1.807) is 4.68 Å². The minimum atomic E-state index is -0.395. The quantitative estimate of drug-likeness (QED) is 0.653. The van der Waals surface area contributed by atoms with E-state index in [4.69, 9.17) is 4.74 Å². The molecule has 0 aliphatic heterocycles. The van der Waals surface area contributed by atoms with Crippen LogP contribution in [0.3, 0.4) is 0 Å². The first-order valence-corrected chi connectivity index (χ1v) is 10.0. The van der Waals surface area contributed by atoms with Crippen molar-refractivity contribution in [2.75, 3.05) is 23.4 Å². The van der Waals surface area contributed by atoms with Gasteiger partial charge in [0.2, 0.25) is 0 Å². The fourth-order valence-corrected chi connectivity index (χ4v) is 3.40. The molecule has 7 heteroatoms. The van der Waals surface area contributed by atoms with Gasteiger partial charge in [-0.1, -0.05) is 0 Å². The number of ether oxygens (including phenoxy) is 1. The van der Waals surface area contributed by atoms with Crippen LogP contribution in [-0.4, -0.2) is 40.9 Å². The first-order chi connectivity index (χ1) is 13.7. The molecule has 0 bridgehead atoms. The molecule has 0 aliphatic carbocycles. The number of amides is 1. The molecule has 0 atom stereocenters. The normalized spacial score (nSPS) is 10.9. The zero-order valence-electron chi connectivity index (χ0n) is 18.3. The van der Waals surface area contributed by atoms with Crippen molar-refractivity contribution >= 4 is 23.3 Å². The maximum Gasteiger partial charge on any atom is 0.306 e. The zero-order chi connectivity index (χ0) is 21.6. The topological polar surface area (TPSA) is 76.5 Å². The molecule has 7 nitrogen and oxygen atoms in total. The van der Waals surface area contributed by atoms with Crippen molar-refractivity contribution < 1.29 is 14.3 Å². The summed E-state index contributed by atoms with van der Waals surface area (Å²) in [6.45, 7) is 10.9. The lowest BCUT2D eigenvalue weighted by molar-refractivity contribution is -0.147. The monoisotopic (exact) mass is 400 g/mol. The number of hydrogen-bond acceptors (Lipinski definition) is 5. The Morgan fingerprint density at radius 3 is 2.38 bits per heavy atom. The van der Waals surface area contributed by atoms with Gasteiger partial charge >= 0.3 is 5.97 Å². The smallest absolute Gasteiger partial charge is 0.306 e. The van der Waals surface area contributed by atoms with E-state index < -0.39 is 5.97 Å². The van der Waals surface area contributed by atoms with Gasteiger partial charge in [-0.2, -0.15) is 5.10 Å². The predicted octanol–water partition coefficient (Wildman–Crippen LogP) is 3.39. The number of nitrogens with one attached hydrogen (secondary N) is 1. The van der Waals surface area contributed by atoms with Crippen LogP contribution < -0.4 is 10.2 Å². The Balaban J connectivity index is 1.79. The van der Waals surface area contributed by atoms with E-state index in [-0.39, 0.29) is 18.9 Å². The second kappa shape index (κ2) is 10.1. The highest BCUT2D eigenvalue weighted by molar-refractivity contribution is 5.92. The predicted molar refractivity (Wildman–Crippen MR) is 115 cm³/mol. The Morgan fingerprint density at radius 1 is 1.21 bits per heavy atom. The standard InChI is InChI=1S/C22H32N4O3/c1-7-26(15(2)3)19-10-8-18(9-11-19)23-21(27)14-29-22(28)13-12-20-16(4)24-25(6)17(20)5/h8-11,15H,7,12-14H2,1-6H3,(H,23,27). The second-order valence-electron chi connectivity index (χ2n) is 7.41. The number of rotatable bonds is 9. The minimum Gasteiger partial charge on any atom is -0.456 e. The van der Waals surface area contributed by atoms with Crippen molar-refractivity contribution in [3.63, 3.8) is 0 Å². The van der Waals surface area contributed by atoms with Crippen LogP contribution in [0.25, 0.3) is 0 Å². The molecule has 0 spiro atoms. The molecule has 0 saturated carbocycles. The molecule has 0 saturated heterocycles. The summed E-state index contributed by atoms with van der Waals surface area (Å²) < 4.78 is 6.91. The van der Waals surface area contributed by atoms with Crippen molar-refractivity contribution in [2.45, 2.75) is 53.5 Å². The number of carbonyl (C=O) groups excluding carboxylic acids is 2. The lowest BCUT2D eigenvalue weighted by Crippen LogP contribution is -2.30. The van der Waals surface area contributed by atoms with Gasteiger partial charge in [0.05, 0.1) is 5.69 Å². The molecule has 1 aromatic carbocycles. The number of aromatic nitrogens is 2. The fourth-order valence-electron chi connectivity index (χ4n) is 3.40. The molecule has 29 heavy (non-hydrogen) atoms. The highest BCUT2D eigenvalue weighted by Crippen LogP contribution is 2.20. The van der Waals surface area contributed by atoms with E-state index in [1.807, 2.05) is 45.2 Å². The molecule has 2 aromatic rings. The molecule has 2 rings (SSSR count). The van der Waals surface area contributed by atoms with Gasteiger partial charge in [-0.15, -0.1) is 0 Å². The molecule has 0 unspecified atom stereocenters. The number of hydrogen-bond donors (Lipinski definition) is 1. The van der Waals surface area contributed by atoms with Crippen LogP contribution in [0.4, 0.5) is 11.4 Å². The van der Waals surface area contributed by atoms with Crippen LogP contribution in [0.1, 0.15) is 44.1 Å². The Bertz CT molecular complexity index is 840. The fraction of sp³-hybridized carbons (Fsp3) is 0.500. The number of anilines is 2. The molecule has 0 aliphatic rings. The zero-order valence-corrected chi connectivity index (χ0v) is 18.3. The summed E-state index contributed by atoms with van der Waals surface area (Å²) >= 11 is 0. The third-order valence-corrected chi connectivity index (χ3v) is 5.05. The van der Waals surface area contributed by atoms with Gasteiger partial charge in [-0.25, -0.2) is 0 Å². The second-order valence-corrected chi connectivity index (χ2v) is 7.41. The summed E-state index contributed by atoms with van der Waals surface area (Å²) in [7, 11) is 1.88. The Hall–Kier alpha value is -2.83. The van der Waals surface area contributed by atoms with Crippen LogP contribution in [0.2, 0.25) is 0 Å². The van der Waals surface area contributed by atoms with Crippen LogP contribution in [0.5, 0.6) is 0 Å². The molecule has 1 amide bonds. The van der Waals surface area contributed by atoms with Gasteiger partial charge in [0.1, 0.15) is 0 Å². The number of benzene rings is 1. The summed E-state index contributed by atoms with van der Waals surface area (Å²) in [4.78, 5) is 26.3. The largest absolute Gasteiger partial charge is 0.456 e. The van der Waals surface area contributed by atoms with Gasteiger partial charge < -0.3 is 15.0 Å². The van der Waals surface area contributed by atoms with Crippen LogP contribution in [0.15, 0.2) is 24.3 Å². The van der Waals surface area contributed by atoms with E-state index in [0.717, 1.165) is 29.2 Å².